The van der Waals surface area contributed by atoms with Crippen molar-refractivity contribution in [2.75, 3.05) is 7.11 Å². The first-order valence-corrected chi connectivity index (χ1v) is 8.80. The standard InChI is InChI=1S/C21H20N2O6/c1-12(20(25)26)23-19(24)18-17(21(27)28-2)16-9-8-15(10-13(16)11-22-18)29-14-6-4-3-5-7-14/h3-12,21,27H,1-2H3,(H,23,24)(H,25,26)/t12-,21?/m0/s1. The number of benzene rings is 2. The number of amides is 1. The predicted molar refractivity (Wildman–Crippen MR) is 105 cm³/mol. The molecule has 0 saturated carbocycles. The molecule has 150 valence electrons. The van der Waals surface area contributed by atoms with Gasteiger partial charge in [0.25, 0.3) is 5.91 Å². The van der Waals surface area contributed by atoms with Crippen LogP contribution in [0.5, 0.6) is 11.5 Å². The Kier molecular flexibility index (Phi) is 6.06. The number of para-hydroxylation sites is 1. The molecule has 3 N–H and O–H groups in total. The minimum atomic E-state index is -1.42. The van der Waals surface area contributed by atoms with Gasteiger partial charge < -0.3 is 25.0 Å². The highest BCUT2D eigenvalue weighted by molar-refractivity contribution is 6.01. The normalized spacial score (nSPS) is 12.9. The zero-order valence-corrected chi connectivity index (χ0v) is 15.8. The Balaban J connectivity index is 2.02. The maximum Gasteiger partial charge on any atom is 0.325 e. The third kappa shape index (κ3) is 4.50. The van der Waals surface area contributed by atoms with Crippen molar-refractivity contribution in [1.29, 1.82) is 0 Å². The second-order valence-electron chi connectivity index (χ2n) is 6.31. The third-order valence-electron chi connectivity index (χ3n) is 4.28. The van der Waals surface area contributed by atoms with E-state index >= 15 is 0 Å². The van der Waals surface area contributed by atoms with Crippen LogP contribution in [0, 0.1) is 0 Å². The van der Waals surface area contributed by atoms with Crippen LogP contribution in [0.25, 0.3) is 10.8 Å². The molecule has 1 unspecified atom stereocenters. The molecule has 0 radical (unpaired) electrons. The van der Waals surface area contributed by atoms with E-state index in [4.69, 9.17) is 14.6 Å². The number of aliphatic hydroxyl groups is 1. The van der Waals surface area contributed by atoms with Gasteiger partial charge in [0.05, 0.1) is 0 Å². The topological polar surface area (TPSA) is 118 Å². The van der Waals surface area contributed by atoms with Crippen molar-refractivity contribution in [3.05, 3.63) is 66.0 Å². The van der Waals surface area contributed by atoms with Gasteiger partial charge in [-0.05, 0) is 36.6 Å². The van der Waals surface area contributed by atoms with E-state index in [-0.39, 0.29) is 11.3 Å². The van der Waals surface area contributed by atoms with E-state index in [2.05, 4.69) is 10.3 Å². The van der Waals surface area contributed by atoms with Gasteiger partial charge in [0.15, 0.2) is 6.29 Å². The summed E-state index contributed by atoms with van der Waals surface area (Å²) in [6.45, 7) is 1.33. The molecule has 0 spiro atoms. The molecule has 1 aromatic heterocycles. The van der Waals surface area contributed by atoms with Gasteiger partial charge in [-0.25, -0.2) is 4.98 Å². The number of rotatable bonds is 7. The van der Waals surface area contributed by atoms with Crippen molar-refractivity contribution in [2.45, 2.75) is 19.3 Å². The van der Waals surface area contributed by atoms with Crippen LogP contribution in [-0.2, 0) is 9.53 Å². The number of carboxylic acid groups (broad SMARTS) is 1. The summed E-state index contributed by atoms with van der Waals surface area (Å²) < 4.78 is 10.8. The van der Waals surface area contributed by atoms with Crippen molar-refractivity contribution < 1.29 is 29.3 Å². The molecule has 0 aliphatic rings. The SMILES string of the molecule is COC(O)c1c(C(=O)N[C@@H](C)C(=O)O)ncc2cc(Oc3ccccc3)ccc12. The van der Waals surface area contributed by atoms with Gasteiger partial charge in [-0.15, -0.1) is 0 Å². The van der Waals surface area contributed by atoms with Crippen LogP contribution in [0.1, 0.15) is 29.3 Å². The molecule has 1 heterocycles. The number of pyridine rings is 1. The number of aliphatic carboxylic acids is 1. The first-order chi connectivity index (χ1) is 13.9. The Morgan fingerprint density at radius 1 is 1.10 bits per heavy atom. The molecular weight excluding hydrogens is 376 g/mol. The van der Waals surface area contributed by atoms with E-state index in [1.54, 1.807) is 18.2 Å². The van der Waals surface area contributed by atoms with Gasteiger partial charge in [0.2, 0.25) is 0 Å². The average Bonchev–Trinajstić information content (AvgIpc) is 2.72. The Labute approximate surface area is 166 Å². The molecule has 8 nitrogen and oxygen atoms in total. The molecule has 0 saturated heterocycles. The minimum Gasteiger partial charge on any atom is -0.480 e. The van der Waals surface area contributed by atoms with Gasteiger partial charge in [0, 0.05) is 24.3 Å². The van der Waals surface area contributed by atoms with Gasteiger partial charge in [0.1, 0.15) is 23.2 Å². The van der Waals surface area contributed by atoms with E-state index in [0.717, 1.165) is 0 Å². The second-order valence-corrected chi connectivity index (χ2v) is 6.31. The Bertz CT molecular complexity index is 1040. The number of methoxy groups -OCH3 is 1. The summed E-state index contributed by atoms with van der Waals surface area (Å²) in [5.41, 5.74) is 0.0306. The summed E-state index contributed by atoms with van der Waals surface area (Å²) in [5.74, 6) is -0.691. The Hall–Kier alpha value is -3.49. The summed E-state index contributed by atoms with van der Waals surface area (Å²) >= 11 is 0. The van der Waals surface area contributed by atoms with E-state index < -0.39 is 24.2 Å². The van der Waals surface area contributed by atoms with Crippen LogP contribution in [-0.4, -0.2) is 40.2 Å². The number of carbonyl (C=O) groups excluding carboxylic acids is 1. The maximum atomic E-state index is 12.5. The zero-order valence-electron chi connectivity index (χ0n) is 15.8. The van der Waals surface area contributed by atoms with Crippen molar-refractivity contribution in [2.24, 2.45) is 0 Å². The molecule has 0 aliphatic carbocycles. The van der Waals surface area contributed by atoms with E-state index in [9.17, 15) is 14.7 Å². The quantitative estimate of drug-likeness (QED) is 0.526. The van der Waals surface area contributed by atoms with Crippen molar-refractivity contribution in [3.63, 3.8) is 0 Å². The summed E-state index contributed by atoms with van der Waals surface area (Å²) in [4.78, 5) is 27.7. The largest absolute Gasteiger partial charge is 0.480 e. The van der Waals surface area contributed by atoms with E-state index in [1.807, 2.05) is 30.3 Å². The number of nitrogens with one attached hydrogen (secondary N) is 1. The number of aliphatic hydroxyl groups excluding tert-OH is 1. The number of ether oxygens (including phenoxy) is 2. The number of nitrogens with zero attached hydrogens (tertiary/aromatic N) is 1. The van der Waals surface area contributed by atoms with Gasteiger partial charge in [-0.1, -0.05) is 24.3 Å². The van der Waals surface area contributed by atoms with Gasteiger partial charge in [-0.2, -0.15) is 0 Å². The lowest BCUT2D eigenvalue weighted by Gasteiger charge is -2.17. The molecule has 1 amide bonds. The number of aromatic nitrogens is 1. The lowest BCUT2D eigenvalue weighted by atomic mass is 10.0. The number of carbonyl (C=O) groups is 2. The van der Waals surface area contributed by atoms with Crippen LogP contribution >= 0.6 is 0 Å². The molecule has 2 aromatic carbocycles. The van der Waals surface area contributed by atoms with Crippen LogP contribution in [0.4, 0.5) is 0 Å². The first kappa shape index (κ1) is 20.2. The monoisotopic (exact) mass is 396 g/mol. The molecule has 0 fully saturated rings. The second kappa shape index (κ2) is 8.68. The van der Waals surface area contributed by atoms with Crippen LogP contribution in [0.2, 0.25) is 0 Å². The molecule has 8 heteroatoms. The van der Waals surface area contributed by atoms with Crippen LogP contribution in [0.15, 0.2) is 54.7 Å². The predicted octanol–water partition coefficient (Wildman–Crippen LogP) is 2.87. The fraction of sp³-hybridized carbons (Fsp3) is 0.190. The summed E-state index contributed by atoms with van der Waals surface area (Å²) in [6, 6.07) is 13.2. The van der Waals surface area contributed by atoms with Crippen LogP contribution in [0.3, 0.4) is 0 Å². The number of hydrogen-bond donors (Lipinski definition) is 3. The molecule has 2 atom stereocenters. The molecule has 29 heavy (non-hydrogen) atoms. The lowest BCUT2D eigenvalue weighted by Crippen LogP contribution is -2.39. The van der Waals surface area contributed by atoms with Crippen molar-refractivity contribution in [1.82, 2.24) is 10.3 Å². The molecule has 0 bridgehead atoms. The minimum absolute atomic E-state index is 0.114. The lowest BCUT2D eigenvalue weighted by molar-refractivity contribution is -0.138. The van der Waals surface area contributed by atoms with Crippen molar-refractivity contribution >= 4 is 22.6 Å². The summed E-state index contributed by atoms with van der Waals surface area (Å²) in [6.07, 6.45) is 0.0346. The maximum absolute atomic E-state index is 12.5. The number of fused-ring (bicyclic) bond motifs is 1. The highest BCUT2D eigenvalue weighted by Gasteiger charge is 2.24. The van der Waals surface area contributed by atoms with E-state index in [0.29, 0.717) is 22.3 Å². The highest BCUT2D eigenvalue weighted by atomic mass is 16.6. The van der Waals surface area contributed by atoms with Gasteiger partial charge >= 0.3 is 5.97 Å². The van der Waals surface area contributed by atoms with E-state index in [1.165, 1.54) is 20.2 Å². The zero-order chi connectivity index (χ0) is 21.0. The molecule has 3 rings (SSSR count). The summed E-state index contributed by atoms with van der Waals surface area (Å²) in [5, 5.41) is 22.8. The fourth-order valence-electron chi connectivity index (χ4n) is 2.79. The third-order valence-corrected chi connectivity index (χ3v) is 4.28. The smallest absolute Gasteiger partial charge is 0.325 e. The van der Waals surface area contributed by atoms with Crippen LogP contribution < -0.4 is 10.1 Å². The first-order valence-electron chi connectivity index (χ1n) is 8.80. The van der Waals surface area contributed by atoms with Crippen molar-refractivity contribution in [3.8, 4) is 11.5 Å². The Morgan fingerprint density at radius 2 is 1.83 bits per heavy atom. The molecular formula is C21H20N2O6. The number of hydrogen-bond acceptors (Lipinski definition) is 6. The van der Waals surface area contributed by atoms with Gasteiger partial charge in [-0.3, -0.25) is 9.59 Å². The Morgan fingerprint density at radius 3 is 2.48 bits per heavy atom. The molecule has 3 aromatic rings. The highest BCUT2D eigenvalue weighted by Crippen LogP contribution is 2.31. The fourth-order valence-corrected chi connectivity index (χ4v) is 2.79. The molecule has 0 aliphatic heterocycles. The summed E-state index contributed by atoms with van der Waals surface area (Å²) in [7, 11) is 1.29. The average molecular weight is 396 g/mol. The number of carboxylic acids is 1.